The maximum absolute atomic E-state index is 8.25. The van der Waals surface area contributed by atoms with Crippen LogP contribution in [0.1, 0.15) is 9.94 Å². The van der Waals surface area contributed by atoms with Crippen molar-refractivity contribution in [3.05, 3.63) is 157 Å². The van der Waals surface area contributed by atoms with Crippen molar-refractivity contribution in [2.45, 2.75) is 6.85 Å². The second-order valence-electron chi connectivity index (χ2n) is 10.6. The fourth-order valence-electron chi connectivity index (χ4n) is 6.30. The molecule has 0 radical (unpaired) electrons. The van der Waals surface area contributed by atoms with E-state index in [1.165, 1.54) is 27.5 Å². The van der Waals surface area contributed by atoms with Crippen molar-refractivity contribution in [2.75, 3.05) is 0 Å². The average Bonchev–Trinajstić information content (AvgIpc) is 3.48. The highest BCUT2D eigenvalue weighted by molar-refractivity contribution is 6.21. The third-order valence-electron chi connectivity index (χ3n) is 8.17. The van der Waals surface area contributed by atoms with Crippen LogP contribution in [-0.4, -0.2) is 9.55 Å². The molecule has 2 heteroatoms. The SMILES string of the molecule is [2H]C([2H])([2H])c1nc2ccccc2n1-c1cccc(-c2c3ccccc3c(-c3ccc(-c4ccccc4)cc3)c3ccccc23)c1. The molecule has 0 atom stereocenters. The highest BCUT2D eigenvalue weighted by Gasteiger charge is 2.17. The first-order valence-electron chi connectivity index (χ1n) is 15.7. The van der Waals surface area contributed by atoms with Crippen LogP contribution in [0.5, 0.6) is 0 Å². The van der Waals surface area contributed by atoms with E-state index in [0.717, 1.165) is 38.7 Å². The third-order valence-corrected chi connectivity index (χ3v) is 8.17. The molecule has 0 unspecified atom stereocenters. The molecule has 42 heavy (non-hydrogen) atoms. The summed E-state index contributed by atoms with van der Waals surface area (Å²) in [5.41, 5.74) is 9.07. The molecule has 2 nitrogen and oxygen atoms in total. The fraction of sp³-hybridized carbons (Fsp3) is 0.0250. The lowest BCUT2D eigenvalue weighted by Gasteiger charge is -2.18. The average molecular weight is 540 g/mol. The Balaban J connectivity index is 1.36. The van der Waals surface area contributed by atoms with Crippen molar-refractivity contribution in [1.29, 1.82) is 0 Å². The molecule has 198 valence electrons. The minimum absolute atomic E-state index is 0.0601. The Hall–Kier alpha value is -5.47. The second-order valence-corrected chi connectivity index (χ2v) is 10.6. The summed E-state index contributed by atoms with van der Waals surface area (Å²) in [6.45, 7) is -2.37. The first kappa shape index (κ1) is 21.3. The van der Waals surface area contributed by atoms with Crippen molar-refractivity contribution in [1.82, 2.24) is 9.55 Å². The molecule has 1 heterocycles. The van der Waals surface area contributed by atoms with Crippen LogP contribution < -0.4 is 0 Å². The maximum atomic E-state index is 8.25. The molecule has 0 N–H and O–H groups in total. The van der Waals surface area contributed by atoms with Crippen LogP contribution in [0.15, 0.2) is 152 Å². The van der Waals surface area contributed by atoms with Gasteiger partial charge in [-0.1, -0.05) is 127 Å². The van der Waals surface area contributed by atoms with Crippen LogP contribution in [0.25, 0.3) is 71.6 Å². The summed E-state index contributed by atoms with van der Waals surface area (Å²) >= 11 is 0. The number of benzene rings is 7. The molecular formula is C40H28N2. The summed E-state index contributed by atoms with van der Waals surface area (Å²) in [5.74, 6) is 0.0601. The number of hydrogen-bond acceptors (Lipinski definition) is 1. The molecule has 0 aliphatic rings. The quantitative estimate of drug-likeness (QED) is 0.203. The van der Waals surface area contributed by atoms with E-state index in [2.05, 4.69) is 114 Å². The highest BCUT2D eigenvalue weighted by atomic mass is 15.1. The van der Waals surface area contributed by atoms with Gasteiger partial charge in [0.05, 0.1) is 11.0 Å². The Morgan fingerprint density at radius 2 is 1.00 bits per heavy atom. The Bertz CT molecular complexity index is 2290. The predicted octanol–water partition coefficient (Wildman–Crippen LogP) is 10.6. The molecule has 0 saturated heterocycles. The van der Waals surface area contributed by atoms with Gasteiger partial charge in [-0.25, -0.2) is 4.98 Å². The standard InChI is InChI=1S/C40H28N2/c1-27-41-37-20-9-10-21-38(37)42(27)32-15-11-14-31(26-32)40-35-18-7-5-16-33(35)39(34-17-6-8-19-36(34)40)30-24-22-29(23-25-30)28-12-3-2-4-13-28/h2-26H,1H3/i1D3. The maximum Gasteiger partial charge on any atom is 0.111 e. The van der Waals surface area contributed by atoms with E-state index in [4.69, 9.17) is 4.11 Å². The van der Waals surface area contributed by atoms with Gasteiger partial charge < -0.3 is 0 Å². The number of para-hydroxylation sites is 2. The number of nitrogens with zero attached hydrogens (tertiary/aromatic N) is 2. The van der Waals surface area contributed by atoms with Gasteiger partial charge in [0.1, 0.15) is 5.82 Å². The van der Waals surface area contributed by atoms with E-state index in [0.29, 0.717) is 5.52 Å². The summed E-state index contributed by atoms with van der Waals surface area (Å²) in [5, 5.41) is 4.62. The number of aromatic nitrogens is 2. The summed E-state index contributed by atoms with van der Waals surface area (Å²) in [7, 11) is 0. The lowest BCUT2D eigenvalue weighted by atomic mass is 9.85. The summed E-state index contributed by atoms with van der Waals surface area (Å²) in [4.78, 5) is 4.53. The van der Waals surface area contributed by atoms with Crippen molar-refractivity contribution < 1.29 is 4.11 Å². The topological polar surface area (TPSA) is 17.8 Å². The zero-order valence-corrected chi connectivity index (χ0v) is 22.8. The van der Waals surface area contributed by atoms with Gasteiger partial charge in [-0.05, 0) is 86.0 Å². The van der Waals surface area contributed by atoms with E-state index in [9.17, 15) is 0 Å². The van der Waals surface area contributed by atoms with Gasteiger partial charge in [-0.15, -0.1) is 0 Å². The van der Waals surface area contributed by atoms with Gasteiger partial charge in [-0.2, -0.15) is 0 Å². The Kier molecular flexibility index (Phi) is 5.00. The lowest BCUT2D eigenvalue weighted by Crippen LogP contribution is -1.97. The van der Waals surface area contributed by atoms with E-state index < -0.39 is 6.85 Å². The molecule has 0 bridgehead atoms. The normalized spacial score (nSPS) is 12.8. The minimum Gasteiger partial charge on any atom is -0.297 e. The first-order valence-corrected chi connectivity index (χ1v) is 14.2. The van der Waals surface area contributed by atoms with Gasteiger partial charge >= 0.3 is 0 Å². The molecule has 0 aliphatic heterocycles. The predicted molar refractivity (Wildman–Crippen MR) is 177 cm³/mol. The molecule has 8 aromatic rings. The van der Waals surface area contributed by atoms with E-state index in [1.54, 1.807) is 4.57 Å². The number of rotatable bonds is 4. The molecule has 8 rings (SSSR count). The summed E-state index contributed by atoms with van der Waals surface area (Å²) in [6.07, 6.45) is 0. The van der Waals surface area contributed by atoms with Crippen molar-refractivity contribution >= 4 is 32.6 Å². The summed E-state index contributed by atoms with van der Waals surface area (Å²) < 4.78 is 26.5. The van der Waals surface area contributed by atoms with Gasteiger partial charge in [0.2, 0.25) is 0 Å². The molecule has 0 amide bonds. The monoisotopic (exact) mass is 539 g/mol. The zero-order chi connectivity index (χ0) is 30.5. The third kappa shape index (κ3) is 3.92. The highest BCUT2D eigenvalue weighted by Crippen LogP contribution is 2.44. The Morgan fingerprint density at radius 3 is 1.67 bits per heavy atom. The smallest absolute Gasteiger partial charge is 0.111 e. The van der Waals surface area contributed by atoms with Gasteiger partial charge in [-0.3, -0.25) is 4.57 Å². The lowest BCUT2D eigenvalue weighted by molar-refractivity contribution is 1.00. The van der Waals surface area contributed by atoms with Crippen molar-refractivity contribution in [3.63, 3.8) is 0 Å². The molecule has 0 spiro atoms. The van der Waals surface area contributed by atoms with Crippen LogP contribution in [0, 0.1) is 6.85 Å². The van der Waals surface area contributed by atoms with Crippen LogP contribution in [0.3, 0.4) is 0 Å². The van der Waals surface area contributed by atoms with Gasteiger partial charge in [0, 0.05) is 9.80 Å². The number of fused-ring (bicyclic) bond motifs is 3. The largest absolute Gasteiger partial charge is 0.297 e. The van der Waals surface area contributed by atoms with Crippen LogP contribution >= 0.6 is 0 Å². The number of imidazole rings is 1. The number of aryl methyl sites for hydroxylation is 1. The van der Waals surface area contributed by atoms with E-state index in [-0.39, 0.29) is 5.82 Å². The van der Waals surface area contributed by atoms with Gasteiger partial charge in [0.15, 0.2) is 0 Å². The second kappa shape index (κ2) is 9.87. The van der Waals surface area contributed by atoms with Crippen molar-refractivity contribution in [3.8, 4) is 39.1 Å². The van der Waals surface area contributed by atoms with Crippen molar-refractivity contribution in [2.24, 2.45) is 0 Å². The zero-order valence-electron chi connectivity index (χ0n) is 25.8. The molecule has 0 fully saturated rings. The molecular weight excluding hydrogens is 508 g/mol. The van der Waals surface area contributed by atoms with Crippen LogP contribution in [-0.2, 0) is 0 Å². The molecule has 7 aromatic carbocycles. The number of hydrogen-bond donors (Lipinski definition) is 0. The molecule has 1 aromatic heterocycles. The minimum atomic E-state index is -2.37. The Labute approximate surface area is 249 Å². The van der Waals surface area contributed by atoms with Crippen LogP contribution in [0.2, 0.25) is 0 Å². The summed E-state index contributed by atoms with van der Waals surface area (Å²) in [6, 6.07) is 52.2. The Morgan fingerprint density at radius 1 is 0.476 bits per heavy atom. The first-order chi connectivity index (χ1) is 22.0. The van der Waals surface area contributed by atoms with E-state index >= 15 is 0 Å². The van der Waals surface area contributed by atoms with Gasteiger partial charge in [0.25, 0.3) is 0 Å². The molecule has 0 aliphatic carbocycles. The fourth-order valence-corrected chi connectivity index (χ4v) is 6.30. The van der Waals surface area contributed by atoms with Crippen LogP contribution in [0.4, 0.5) is 0 Å². The van der Waals surface area contributed by atoms with E-state index in [1.807, 2.05) is 42.5 Å². The molecule has 0 saturated carbocycles.